The number of ether oxygens (including phenoxy) is 3. The summed E-state index contributed by atoms with van der Waals surface area (Å²) in [6.45, 7) is 4.85. The van der Waals surface area contributed by atoms with Crippen molar-refractivity contribution in [1.82, 2.24) is 16.0 Å². The Bertz CT molecular complexity index is 368. The molecule has 0 aliphatic carbocycles. The van der Waals surface area contributed by atoms with Crippen molar-refractivity contribution in [3.8, 4) is 0 Å². The van der Waals surface area contributed by atoms with Gasteiger partial charge in [0.2, 0.25) is 11.8 Å². The highest BCUT2D eigenvalue weighted by atomic mass is 16.5. The molecule has 0 heterocycles. The van der Waals surface area contributed by atoms with E-state index in [1.54, 1.807) is 0 Å². The summed E-state index contributed by atoms with van der Waals surface area (Å²) in [5.74, 6) is -0.497. The maximum atomic E-state index is 11.5. The van der Waals surface area contributed by atoms with Crippen LogP contribution in [0.2, 0.25) is 0 Å². The zero-order valence-electron chi connectivity index (χ0n) is 15.7. The van der Waals surface area contributed by atoms with Gasteiger partial charge in [-0.1, -0.05) is 0 Å². The van der Waals surface area contributed by atoms with Gasteiger partial charge in [-0.25, -0.2) is 0 Å². The van der Waals surface area contributed by atoms with Gasteiger partial charge >= 0.3 is 0 Å². The molecule has 3 N–H and O–H groups in total. The van der Waals surface area contributed by atoms with E-state index in [1.807, 2.05) is 7.05 Å². The number of carbonyl (C=O) groups excluding carboxylic acids is 3. The normalized spacial score (nSPS) is 10.5. The zero-order chi connectivity index (χ0) is 19.3. The van der Waals surface area contributed by atoms with E-state index in [0.717, 1.165) is 19.6 Å². The molecule has 0 aromatic heterocycles. The molecule has 0 radical (unpaired) electrons. The number of nitrogens with one attached hydrogen (secondary N) is 3. The highest BCUT2D eigenvalue weighted by molar-refractivity contribution is 5.84. The second-order valence-corrected chi connectivity index (χ2v) is 5.47. The summed E-state index contributed by atoms with van der Waals surface area (Å²) in [5.41, 5.74) is 0. The van der Waals surface area contributed by atoms with Crippen molar-refractivity contribution >= 4 is 18.1 Å². The fourth-order valence-electron chi connectivity index (χ4n) is 1.85. The van der Waals surface area contributed by atoms with Crippen LogP contribution in [0.3, 0.4) is 0 Å². The molecule has 26 heavy (non-hydrogen) atoms. The summed E-state index contributed by atoms with van der Waals surface area (Å²) in [5, 5.41) is 8.14. The topological polar surface area (TPSA) is 115 Å². The van der Waals surface area contributed by atoms with Crippen LogP contribution in [0.25, 0.3) is 0 Å². The van der Waals surface area contributed by atoms with E-state index in [1.165, 1.54) is 0 Å². The van der Waals surface area contributed by atoms with Gasteiger partial charge in [-0.3, -0.25) is 9.59 Å². The maximum Gasteiger partial charge on any atom is 0.220 e. The lowest BCUT2D eigenvalue weighted by Crippen LogP contribution is -2.29. The van der Waals surface area contributed by atoms with Gasteiger partial charge < -0.3 is 35.0 Å². The molecule has 0 unspecified atom stereocenters. The summed E-state index contributed by atoms with van der Waals surface area (Å²) in [4.78, 5) is 32.8. The third kappa shape index (κ3) is 18.8. The Morgan fingerprint density at radius 1 is 0.769 bits per heavy atom. The Kier molecular flexibility index (Phi) is 18.6. The molecule has 9 nitrogen and oxygen atoms in total. The lowest BCUT2D eigenvalue weighted by Gasteiger charge is -2.08. The minimum Gasteiger partial charge on any atom is -0.379 e. The second kappa shape index (κ2) is 19.8. The molecular formula is C17H33N3O6. The lowest BCUT2D eigenvalue weighted by molar-refractivity contribution is -0.126. The number of aldehydes is 1. The van der Waals surface area contributed by atoms with Gasteiger partial charge in [0.05, 0.1) is 33.0 Å². The van der Waals surface area contributed by atoms with E-state index < -0.39 is 0 Å². The Balaban J connectivity index is 3.22. The third-order valence-corrected chi connectivity index (χ3v) is 3.21. The van der Waals surface area contributed by atoms with E-state index in [4.69, 9.17) is 14.2 Å². The molecule has 0 saturated heterocycles. The van der Waals surface area contributed by atoms with Gasteiger partial charge in [-0.2, -0.15) is 0 Å². The summed E-state index contributed by atoms with van der Waals surface area (Å²) >= 11 is 0. The first kappa shape index (κ1) is 24.5. The van der Waals surface area contributed by atoms with Gasteiger partial charge in [0.25, 0.3) is 0 Å². The summed E-state index contributed by atoms with van der Waals surface area (Å²) in [7, 11) is 1.91. The van der Waals surface area contributed by atoms with Crippen LogP contribution in [0.4, 0.5) is 0 Å². The summed E-state index contributed by atoms with van der Waals surface area (Å²) < 4.78 is 16.2. The van der Waals surface area contributed by atoms with Crippen molar-refractivity contribution in [2.75, 3.05) is 66.3 Å². The summed E-state index contributed by atoms with van der Waals surface area (Å²) in [6, 6.07) is 0. The number of hydrogen-bond donors (Lipinski definition) is 3. The van der Waals surface area contributed by atoms with Crippen LogP contribution in [0, 0.1) is 0 Å². The first-order valence-electron chi connectivity index (χ1n) is 9.05. The van der Waals surface area contributed by atoms with E-state index in [9.17, 15) is 14.4 Å². The minimum atomic E-state index is -0.307. The first-order valence-corrected chi connectivity index (χ1v) is 9.05. The molecule has 0 atom stereocenters. The van der Waals surface area contributed by atoms with Crippen molar-refractivity contribution in [3.05, 3.63) is 0 Å². The van der Waals surface area contributed by atoms with E-state index in [-0.39, 0.29) is 31.2 Å². The average Bonchev–Trinajstić information content (AvgIpc) is 2.64. The standard InChI is InChI=1S/C17H33N3O6/c1-18-6-2-10-24-12-14-26-15-13-25-11-3-7-19-16(22)4-5-17(23)20-8-9-21/h9,18H,2-8,10-15H2,1H3,(H,19,22)(H,20,23). The molecule has 0 aliphatic heterocycles. The monoisotopic (exact) mass is 375 g/mol. The highest BCUT2D eigenvalue weighted by Gasteiger charge is 2.05. The third-order valence-electron chi connectivity index (χ3n) is 3.21. The second-order valence-electron chi connectivity index (χ2n) is 5.47. The van der Waals surface area contributed by atoms with Gasteiger partial charge in [0.15, 0.2) is 0 Å². The molecule has 0 aromatic rings. The van der Waals surface area contributed by atoms with Crippen molar-refractivity contribution in [2.45, 2.75) is 25.7 Å². The molecule has 0 fully saturated rings. The fourth-order valence-corrected chi connectivity index (χ4v) is 1.85. The first-order chi connectivity index (χ1) is 12.7. The van der Waals surface area contributed by atoms with Crippen LogP contribution in [0.15, 0.2) is 0 Å². The molecule has 0 spiro atoms. The van der Waals surface area contributed by atoms with Crippen molar-refractivity contribution in [3.63, 3.8) is 0 Å². The SMILES string of the molecule is CNCCCOCCOCCOCCCNC(=O)CCC(=O)NCC=O. The number of rotatable bonds is 19. The Morgan fingerprint density at radius 2 is 1.27 bits per heavy atom. The number of amides is 2. The average molecular weight is 375 g/mol. The van der Waals surface area contributed by atoms with E-state index in [0.29, 0.717) is 52.3 Å². The fraction of sp³-hybridized carbons (Fsp3) is 0.824. The van der Waals surface area contributed by atoms with Crippen LogP contribution < -0.4 is 16.0 Å². The largest absolute Gasteiger partial charge is 0.379 e. The van der Waals surface area contributed by atoms with Crippen molar-refractivity contribution < 1.29 is 28.6 Å². The Morgan fingerprint density at radius 3 is 1.81 bits per heavy atom. The highest BCUT2D eigenvalue weighted by Crippen LogP contribution is 1.90. The minimum absolute atomic E-state index is 0.0226. The van der Waals surface area contributed by atoms with Gasteiger partial charge in [0.1, 0.15) is 6.29 Å². The van der Waals surface area contributed by atoms with Crippen LogP contribution in [-0.2, 0) is 28.6 Å². The molecule has 0 saturated carbocycles. The number of carbonyl (C=O) groups is 3. The molecule has 0 rings (SSSR count). The van der Waals surface area contributed by atoms with E-state index >= 15 is 0 Å². The quantitative estimate of drug-likeness (QED) is 0.201. The van der Waals surface area contributed by atoms with Crippen molar-refractivity contribution in [2.24, 2.45) is 0 Å². The smallest absolute Gasteiger partial charge is 0.220 e. The van der Waals surface area contributed by atoms with E-state index in [2.05, 4.69) is 16.0 Å². The molecule has 0 aromatic carbocycles. The Hall–Kier alpha value is -1.55. The van der Waals surface area contributed by atoms with Gasteiger partial charge in [0, 0.05) is 32.6 Å². The van der Waals surface area contributed by atoms with Gasteiger partial charge in [-0.15, -0.1) is 0 Å². The molecule has 0 aliphatic rings. The predicted octanol–water partition coefficient (Wildman–Crippen LogP) is -0.753. The predicted molar refractivity (Wildman–Crippen MR) is 96.9 cm³/mol. The molecular weight excluding hydrogens is 342 g/mol. The summed E-state index contributed by atoms with van der Waals surface area (Å²) in [6.07, 6.45) is 2.47. The van der Waals surface area contributed by atoms with Gasteiger partial charge in [-0.05, 0) is 26.4 Å². The molecule has 0 bridgehead atoms. The van der Waals surface area contributed by atoms with Crippen LogP contribution >= 0.6 is 0 Å². The van der Waals surface area contributed by atoms with Crippen molar-refractivity contribution in [1.29, 1.82) is 0 Å². The van der Waals surface area contributed by atoms with Crippen LogP contribution in [0.5, 0.6) is 0 Å². The Labute approximate surface area is 155 Å². The molecule has 9 heteroatoms. The maximum absolute atomic E-state index is 11.5. The lowest BCUT2D eigenvalue weighted by atomic mass is 10.2. The molecule has 2 amide bonds. The van der Waals surface area contributed by atoms with Crippen LogP contribution in [-0.4, -0.2) is 84.4 Å². The number of hydrogen-bond acceptors (Lipinski definition) is 7. The molecule has 152 valence electrons. The zero-order valence-corrected chi connectivity index (χ0v) is 15.7. The van der Waals surface area contributed by atoms with Crippen LogP contribution in [0.1, 0.15) is 25.7 Å².